The summed E-state index contributed by atoms with van der Waals surface area (Å²) in [7, 11) is -1.98. The van der Waals surface area contributed by atoms with Crippen molar-refractivity contribution in [3.8, 4) is 0 Å². The van der Waals surface area contributed by atoms with Gasteiger partial charge in [0, 0.05) is 0 Å². The third kappa shape index (κ3) is 5.28. The molecule has 2 saturated heterocycles. The Morgan fingerprint density at radius 1 is 1.14 bits per heavy atom. The molecule has 6 nitrogen and oxygen atoms in total. The van der Waals surface area contributed by atoms with Gasteiger partial charge >= 0.3 is 0 Å². The van der Waals surface area contributed by atoms with Gasteiger partial charge in [0.05, 0.1) is 13.2 Å². The van der Waals surface area contributed by atoms with Crippen LogP contribution < -0.4 is 0 Å². The van der Waals surface area contributed by atoms with Crippen LogP contribution in [0.1, 0.15) is 40.2 Å². The fourth-order valence-corrected chi connectivity index (χ4v) is 4.40. The first kappa shape index (κ1) is 22.9. The monoisotopic (exact) mass is 424 g/mol. The Bertz CT molecular complexity index is 672. The van der Waals surface area contributed by atoms with Crippen molar-refractivity contribution in [2.24, 2.45) is 0 Å². The molecule has 1 N–H and O–H groups in total. The van der Waals surface area contributed by atoms with Crippen LogP contribution in [0.5, 0.6) is 0 Å². The van der Waals surface area contributed by atoms with E-state index in [0.717, 1.165) is 5.56 Å². The third-order valence-corrected chi connectivity index (χ3v) is 10.6. The largest absolute Gasteiger partial charge is 0.414 e. The number of ether oxygens (including phenoxy) is 4. The average Bonchev–Trinajstić information content (AvgIpc) is 3.09. The van der Waals surface area contributed by atoms with Crippen molar-refractivity contribution in [2.75, 3.05) is 6.61 Å². The number of aliphatic hydroxyl groups is 1. The van der Waals surface area contributed by atoms with E-state index in [4.69, 9.17) is 23.4 Å². The number of hydrogen-bond donors (Lipinski definition) is 1. The van der Waals surface area contributed by atoms with E-state index in [1.165, 1.54) is 0 Å². The minimum atomic E-state index is -1.98. The summed E-state index contributed by atoms with van der Waals surface area (Å²) in [6.07, 6.45) is -2.79. The lowest BCUT2D eigenvalue weighted by Crippen LogP contribution is -2.48. The molecule has 0 aliphatic carbocycles. The summed E-state index contributed by atoms with van der Waals surface area (Å²) in [5.41, 5.74) is 1.06. The number of rotatable bonds is 7. The van der Waals surface area contributed by atoms with E-state index in [0.29, 0.717) is 6.61 Å². The molecule has 2 fully saturated rings. The normalized spacial score (nSPS) is 30.3. The fourth-order valence-electron chi connectivity index (χ4n) is 3.38. The number of benzene rings is 1. The zero-order chi connectivity index (χ0) is 21.4. The number of aliphatic hydroxyl groups excluding tert-OH is 1. The van der Waals surface area contributed by atoms with Crippen molar-refractivity contribution in [3.05, 3.63) is 35.9 Å². The summed E-state index contributed by atoms with van der Waals surface area (Å²) >= 11 is 0. The van der Waals surface area contributed by atoms with Crippen LogP contribution in [-0.4, -0.2) is 56.5 Å². The summed E-state index contributed by atoms with van der Waals surface area (Å²) in [5.74, 6) is -0.739. The maximum absolute atomic E-state index is 10.9. The summed E-state index contributed by atoms with van der Waals surface area (Å²) in [4.78, 5) is 0. The minimum Gasteiger partial charge on any atom is -0.414 e. The topological polar surface area (TPSA) is 66.4 Å². The Balaban J connectivity index is 1.68. The lowest BCUT2D eigenvalue weighted by Gasteiger charge is -2.37. The Labute approximate surface area is 175 Å². The molecule has 1 aromatic carbocycles. The zero-order valence-corrected chi connectivity index (χ0v) is 19.7. The molecule has 29 heavy (non-hydrogen) atoms. The van der Waals surface area contributed by atoms with Crippen molar-refractivity contribution >= 4 is 8.32 Å². The van der Waals surface area contributed by atoms with E-state index >= 15 is 0 Å². The van der Waals surface area contributed by atoms with Gasteiger partial charge < -0.3 is 28.5 Å². The first-order valence-corrected chi connectivity index (χ1v) is 13.3. The van der Waals surface area contributed by atoms with E-state index in [9.17, 15) is 5.11 Å². The molecular formula is C22H36O6Si. The standard InChI is InChI=1S/C22H36O6Si/c1-21(2,3)29(6,7)25-14-16(23)17-18(24-13-15-11-9-8-10-12-15)19-20(26-17)28-22(4,5)27-19/h8-12,16-20,23H,13-14H2,1-7H3/t16-,17-,18+,19-,20-/m1/s1. The van der Waals surface area contributed by atoms with Crippen molar-refractivity contribution in [3.63, 3.8) is 0 Å². The van der Waals surface area contributed by atoms with E-state index < -0.39 is 38.7 Å². The van der Waals surface area contributed by atoms with Crippen molar-refractivity contribution in [2.45, 2.75) is 95.9 Å². The van der Waals surface area contributed by atoms with Gasteiger partial charge in [0.1, 0.15) is 24.4 Å². The van der Waals surface area contributed by atoms with Gasteiger partial charge in [-0.05, 0) is 37.5 Å². The number of hydrogen-bond acceptors (Lipinski definition) is 6. The maximum Gasteiger partial charge on any atom is 0.192 e. The molecule has 0 aromatic heterocycles. The van der Waals surface area contributed by atoms with Crippen LogP contribution in [-0.2, 0) is 30.0 Å². The molecule has 7 heteroatoms. The van der Waals surface area contributed by atoms with Gasteiger partial charge in [0.25, 0.3) is 0 Å². The SMILES string of the molecule is CC1(C)O[C@H]2O[C@H]([C@H](O)CO[Si](C)(C)C(C)(C)C)[C@H](OCc3ccccc3)[C@H]2O1. The van der Waals surface area contributed by atoms with E-state index in [-0.39, 0.29) is 17.7 Å². The van der Waals surface area contributed by atoms with Crippen molar-refractivity contribution in [1.82, 2.24) is 0 Å². The van der Waals surface area contributed by atoms with Gasteiger partial charge in [-0.1, -0.05) is 51.1 Å². The lowest BCUT2D eigenvalue weighted by molar-refractivity contribution is -0.231. The van der Waals surface area contributed by atoms with E-state index in [1.54, 1.807) is 0 Å². The van der Waals surface area contributed by atoms with Gasteiger partial charge in [0.2, 0.25) is 0 Å². The molecule has 1 aromatic rings. The maximum atomic E-state index is 10.9. The van der Waals surface area contributed by atoms with Crippen LogP contribution in [0.3, 0.4) is 0 Å². The third-order valence-electron chi connectivity index (χ3n) is 6.11. The van der Waals surface area contributed by atoms with Crippen LogP contribution in [0.25, 0.3) is 0 Å². The van der Waals surface area contributed by atoms with Crippen LogP contribution in [0.4, 0.5) is 0 Å². The lowest BCUT2D eigenvalue weighted by atomic mass is 10.1. The van der Waals surface area contributed by atoms with Crippen LogP contribution >= 0.6 is 0 Å². The highest BCUT2D eigenvalue weighted by molar-refractivity contribution is 6.74. The Hall–Kier alpha value is -0.803. The molecular weight excluding hydrogens is 388 g/mol. The molecule has 2 aliphatic heterocycles. The molecule has 0 bridgehead atoms. The molecule has 0 saturated carbocycles. The van der Waals surface area contributed by atoms with Crippen molar-refractivity contribution in [1.29, 1.82) is 0 Å². The zero-order valence-electron chi connectivity index (χ0n) is 18.7. The minimum absolute atomic E-state index is 0.0687. The van der Waals surface area contributed by atoms with Crippen molar-refractivity contribution < 1.29 is 28.5 Å². The van der Waals surface area contributed by atoms with Gasteiger partial charge in [0.15, 0.2) is 20.4 Å². The average molecular weight is 425 g/mol. The molecule has 0 radical (unpaired) electrons. The quantitative estimate of drug-likeness (QED) is 0.671. The van der Waals surface area contributed by atoms with Crippen LogP contribution in [0.2, 0.25) is 18.1 Å². The predicted octanol–water partition coefficient (Wildman–Crippen LogP) is 3.83. The van der Waals surface area contributed by atoms with Gasteiger partial charge in [-0.3, -0.25) is 0 Å². The summed E-state index contributed by atoms with van der Waals surface area (Å²) < 4.78 is 30.4. The molecule has 0 spiro atoms. The first-order chi connectivity index (χ1) is 13.4. The number of fused-ring (bicyclic) bond motifs is 1. The highest BCUT2D eigenvalue weighted by atomic mass is 28.4. The summed E-state index contributed by atoms with van der Waals surface area (Å²) in [6, 6.07) is 9.94. The molecule has 0 amide bonds. The second-order valence-corrected chi connectivity index (χ2v) is 14.8. The molecule has 2 heterocycles. The Kier molecular flexibility index (Phi) is 6.61. The van der Waals surface area contributed by atoms with Crippen LogP contribution in [0.15, 0.2) is 30.3 Å². The van der Waals surface area contributed by atoms with Gasteiger partial charge in [-0.15, -0.1) is 0 Å². The fraction of sp³-hybridized carbons (Fsp3) is 0.727. The van der Waals surface area contributed by atoms with Gasteiger partial charge in [-0.2, -0.15) is 0 Å². The molecule has 0 unspecified atom stereocenters. The summed E-state index contributed by atoms with van der Waals surface area (Å²) in [6.45, 7) is 15.2. The molecule has 164 valence electrons. The van der Waals surface area contributed by atoms with Gasteiger partial charge in [-0.25, -0.2) is 0 Å². The summed E-state index contributed by atoms with van der Waals surface area (Å²) in [5, 5.41) is 11.0. The second-order valence-electron chi connectivity index (χ2n) is 9.97. The second kappa shape index (κ2) is 8.38. The first-order valence-electron chi connectivity index (χ1n) is 10.4. The predicted molar refractivity (Wildman–Crippen MR) is 113 cm³/mol. The highest BCUT2D eigenvalue weighted by Crippen LogP contribution is 2.41. The van der Waals surface area contributed by atoms with E-state index in [1.807, 2.05) is 44.2 Å². The Morgan fingerprint density at radius 3 is 2.41 bits per heavy atom. The molecule has 3 rings (SSSR count). The highest BCUT2D eigenvalue weighted by Gasteiger charge is 2.57. The van der Waals surface area contributed by atoms with Crippen LogP contribution in [0, 0.1) is 0 Å². The van der Waals surface area contributed by atoms with E-state index in [2.05, 4.69) is 33.9 Å². The molecule has 5 atom stereocenters. The smallest absolute Gasteiger partial charge is 0.192 e. The Morgan fingerprint density at radius 2 is 1.79 bits per heavy atom. The molecule has 2 aliphatic rings.